The van der Waals surface area contributed by atoms with Crippen molar-refractivity contribution in [3.63, 3.8) is 0 Å². The molecule has 0 aromatic carbocycles. The van der Waals surface area contributed by atoms with Crippen LogP contribution in [0, 0.1) is 0 Å². The van der Waals surface area contributed by atoms with Crippen LogP contribution in [0.5, 0.6) is 0 Å². The molecule has 15 heavy (non-hydrogen) atoms. The van der Waals surface area contributed by atoms with E-state index >= 15 is 0 Å². The molecule has 0 radical (unpaired) electrons. The summed E-state index contributed by atoms with van der Waals surface area (Å²) in [6, 6.07) is 0. The molecule has 0 aliphatic rings. The summed E-state index contributed by atoms with van der Waals surface area (Å²) < 4.78 is 0. The number of allylic oxidation sites excluding steroid dienone is 5. The molecule has 1 nitrogen and oxygen atoms in total. The van der Waals surface area contributed by atoms with Crippen LogP contribution in [0.25, 0.3) is 0 Å². The average molecular weight is 208 g/mol. The van der Waals surface area contributed by atoms with Gasteiger partial charge in [-0.2, -0.15) is 0 Å². The van der Waals surface area contributed by atoms with Crippen molar-refractivity contribution in [2.75, 3.05) is 6.61 Å². The fraction of sp³-hybridized carbons (Fsp3) is 0.571. The molecule has 0 spiro atoms. The highest BCUT2D eigenvalue weighted by Crippen LogP contribution is 2.08. The Hall–Kier alpha value is -0.820. The van der Waals surface area contributed by atoms with Gasteiger partial charge in [0.2, 0.25) is 0 Å². The summed E-state index contributed by atoms with van der Waals surface area (Å²) in [5, 5.41) is 8.53. The van der Waals surface area contributed by atoms with Crippen LogP contribution in [0.3, 0.4) is 0 Å². The summed E-state index contributed by atoms with van der Waals surface area (Å²) in [6.45, 7) is 6.62. The fourth-order valence-corrected chi connectivity index (χ4v) is 1.31. The molecule has 1 N–H and O–H groups in total. The SMILES string of the molecule is CC(C)=CCCC(C)=CCCC=CCO. The Morgan fingerprint density at radius 3 is 2.27 bits per heavy atom. The third kappa shape index (κ3) is 11.1. The second-order valence-electron chi connectivity index (χ2n) is 4.10. The van der Waals surface area contributed by atoms with E-state index < -0.39 is 0 Å². The quantitative estimate of drug-likeness (QED) is 0.495. The molecule has 0 rings (SSSR count). The summed E-state index contributed by atoms with van der Waals surface area (Å²) >= 11 is 0. The van der Waals surface area contributed by atoms with Gasteiger partial charge in [-0.15, -0.1) is 0 Å². The molecule has 0 aromatic heterocycles. The number of hydrogen-bond donors (Lipinski definition) is 1. The van der Waals surface area contributed by atoms with Crippen molar-refractivity contribution in [2.45, 2.75) is 46.5 Å². The highest BCUT2D eigenvalue weighted by Gasteiger charge is 1.88. The van der Waals surface area contributed by atoms with Gasteiger partial charge in [0.05, 0.1) is 6.61 Å². The molecular weight excluding hydrogens is 184 g/mol. The van der Waals surface area contributed by atoms with Crippen molar-refractivity contribution in [2.24, 2.45) is 0 Å². The monoisotopic (exact) mass is 208 g/mol. The summed E-state index contributed by atoms with van der Waals surface area (Å²) in [5.74, 6) is 0. The van der Waals surface area contributed by atoms with Gasteiger partial charge >= 0.3 is 0 Å². The Balaban J connectivity index is 3.61. The Labute approximate surface area is 94.2 Å². The molecule has 1 heteroatoms. The zero-order valence-electron chi connectivity index (χ0n) is 10.3. The van der Waals surface area contributed by atoms with E-state index in [2.05, 4.69) is 32.9 Å². The van der Waals surface area contributed by atoms with Crippen LogP contribution in [-0.4, -0.2) is 11.7 Å². The smallest absolute Gasteiger partial charge is 0.0612 e. The van der Waals surface area contributed by atoms with E-state index in [-0.39, 0.29) is 6.61 Å². The maximum absolute atomic E-state index is 8.53. The second kappa shape index (κ2) is 9.72. The lowest BCUT2D eigenvalue weighted by Crippen LogP contribution is -1.78. The topological polar surface area (TPSA) is 20.2 Å². The van der Waals surface area contributed by atoms with Crippen LogP contribution in [0.2, 0.25) is 0 Å². The van der Waals surface area contributed by atoms with Crippen molar-refractivity contribution in [3.05, 3.63) is 35.5 Å². The van der Waals surface area contributed by atoms with E-state index in [0.717, 1.165) is 25.7 Å². The lowest BCUT2D eigenvalue weighted by Gasteiger charge is -1.98. The molecule has 0 heterocycles. The predicted octanol–water partition coefficient (Wildman–Crippen LogP) is 4.01. The van der Waals surface area contributed by atoms with Gasteiger partial charge in [0.25, 0.3) is 0 Å². The highest BCUT2D eigenvalue weighted by atomic mass is 16.2. The van der Waals surface area contributed by atoms with E-state index in [1.165, 1.54) is 11.1 Å². The highest BCUT2D eigenvalue weighted by molar-refractivity contribution is 5.02. The Kier molecular flexibility index (Phi) is 9.19. The summed E-state index contributed by atoms with van der Waals surface area (Å²) in [4.78, 5) is 0. The van der Waals surface area contributed by atoms with Gasteiger partial charge in [-0.25, -0.2) is 0 Å². The average Bonchev–Trinajstić information content (AvgIpc) is 2.17. The van der Waals surface area contributed by atoms with Crippen LogP contribution in [0.1, 0.15) is 46.5 Å². The van der Waals surface area contributed by atoms with Crippen LogP contribution in [0.15, 0.2) is 35.5 Å². The molecule has 0 unspecified atom stereocenters. The Bertz CT molecular complexity index is 230. The van der Waals surface area contributed by atoms with Gasteiger partial charge in [0, 0.05) is 0 Å². The van der Waals surface area contributed by atoms with E-state index in [9.17, 15) is 0 Å². The molecular formula is C14H24O. The first-order valence-corrected chi connectivity index (χ1v) is 5.71. The Morgan fingerprint density at radius 1 is 0.933 bits per heavy atom. The third-order valence-corrected chi connectivity index (χ3v) is 2.19. The first-order valence-electron chi connectivity index (χ1n) is 5.71. The van der Waals surface area contributed by atoms with E-state index in [1.807, 2.05) is 6.08 Å². The Morgan fingerprint density at radius 2 is 1.67 bits per heavy atom. The standard InChI is InChI=1S/C14H24O/c1-13(2)9-8-11-14(3)10-6-4-5-7-12-15/h5,7,9-10,15H,4,6,8,11-12H2,1-3H3. The summed E-state index contributed by atoms with van der Waals surface area (Å²) in [7, 11) is 0. The lowest BCUT2D eigenvalue weighted by atomic mass is 10.1. The molecule has 0 bridgehead atoms. The second-order valence-corrected chi connectivity index (χ2v) is 4.10. The maximum Gasteiger partial charge on any atom is 0.0612 e. The fourth-order valence-electron chi connectivity index (χ4n) is 1.31. The predicted molar refractivity (Wildman–Crippen MR) is 67.9 cm³/mol. The van der Waals surface area contributed by atoms with E-state index in [1.54, 1.807) is 6.08 Å². The van der Waals surface area contributed by atoms with Crippen LogP contribution < -0.4 is 0 Å². The molecule has 0 saturated carbocycles. The zero-order chi connectivity index (χ0) is 11.5. The van der Waals surface area contributed by atoms with E-state index in [0.29, 0.717) is 0 Å². The van der Waals surface area contributed by atoms with Gasteiger partial charge < -0.3 is 5.11 Å². The van der Waals surface area contributed by atoms with Crippen LogP contribution >= 0.6 is 0 Å². The largest absolute Gasteiger partial charge is 0.392 e. The molecule has 0 aliphatic carbocycles. The van der Waals surface area contributed by atoms with Crippen molar-refractivity contribution in [1.29, 1.82) is 0 Å². The molecule has 0 atom stereocenters. The number of unbranched alkanes of at least 4 members (excludes halogenated alkanes) is 1. The zero-order valence-corrected chi connectivity index (χ0v) is 10.3. The van der Waals surface area contributed by atoms with Crippen LogP contribution in [-0.2, 0) is 0 Å². The molecule has 0 saturated heterocycles. The van der Waals surface area contributed by atoms with Crippen LogP contribution in [0.4, 0.5) is 0 Å². The molecule has 86 valence electrons. The van der Waals surface area contributed by atoms with Crippen molar-refractivity contribution in [1.82, 2.24) is 0 Å². The number of aliphatic hydroxyl groups excluding tert-OH is 1. The van der Waals surface area contributed by atoms with Gasteiger partial charge in [0.1, 0.15) is 0 Å². The minimum Gasteiger partial charge on any atom is -0.392 e. The normalized spacial score (nSPS) is 12.1. The maximum atomic E-state index is 8.53. The minimum atomic E-state index is 0.156. The lowest BCUT2D eigenvalue weighted by molar-refractivity contribution is 0.342. The summed E-state index contributed by atoms with van der Waals surface area (Å²) in [5.41, 5.74) is 2.86. The first kappa shape index (κ1) is 14.2. The van der Waals surface area contributed by atoms with Gasteiger partial charge in [-0.3, -0.25) is 0 Å². The van der Waals surface area contributed by atoms with E-state index in [4.69, 9.17) is 5.11 Å². The van der Waals surface area contributed by atoms with Crippen molar-refractivity contribution in [3.8, 4) is 0 Å². The van der Waals surface area contributed by atoms with Crippen molar-refractivity contribution >= 4 is 0 Å². The van der Waals surface area contributed by atoms with Crippen molar-refractivity contribution < 1.29 is 5.11 Å². The molecule has 0 aliphatic heterocycles. The summed E-state index contributed by atoms with van der Waals surface area (Å²) in [6.07, 6.45) is 12.8. The molecule has 0 amide bonds. The molecule has 0 aromatic rings. The van der Waals surface area contributed by atoms with Gasteiger partial charge in [-0.05, 0) is 46.5 Å². The minimum absolute atomic E-state index is 0.156. The van der Waals surface area contributed by atoms with Gasteiger partial charge in [-0.1, -0.05) is 35.5 Å². The number of rotatable bonds is 7. The number of hydrogen-bond acceptors (Lipinski definition) is 1. The third-order valence-electron chi connectivity index (χ3n) is 2.19. The first-order chi connectivity index (χ1) is 7.16. The molecule has 0 fully saturated rings. The van der Waals surface area contributed by atoms with Gasteiger partial charge in [0.15, 0.2) is 0 Å². The number of aliphatic hydroxyl groups is 1.